The first-order chi connectivity index (χ1) is 9.58. The van der Waals surface area contributed by atoms with E-state index in [4.69, 9.17) is 0 Å². The lowest BCUT2D eigenvalue weighted by Gasteiger charge is -2.48. The highest BCUT2D eigenvalue weighted by atomic mass is 15.2. The maximum atomic E-state index is 3.78. The minimum atomic E-state index is 0.519. The third-order valence-corrected chi connectivity index (χ3v) is 6.16. The van der Waals surface area contributed by atoms with Crippen LogP contribution >= 0.6 is 0 Å². The van der Waals surface area contributed by atoms with Crippen LogP contribution in [0, 0.1) is 11.3 Å². The molecule has 3 unspecified atom stereocenters. The lowest BCUT2D eigenvalue weighted by atomic mass is 9.67. The van der Waals surface area contributed by atoms with Gasteiger partial charge in [-0.05, 0) is 63.1 Å². The highest BCUT2D eigenvalue weighted by Crippen LogP contribution is 2.42. The summed E-state index contributed by atoms with van der Waals surface area (Å²) in [5.41, 5.74) is 0.519. The molecule has 0 aromatic heterocycles. The molecule has 0 aromatic carbocycles. The Labute approximate surface area is 126 Å². The Balaban J connectivity index is 2.04. The Hall–Kier alpha value is -0.0800. The third-order valence-electron chi connectivity index (χ3n) is 6.16. The number of hydrogen-bond acceptors (Lipinski definition) is 2. The lowest BCUT2D eigenvalue weighted by molar-refractivity contribution is 0.0407. The van der Waals surface area contributed by atoms with Gasteiger partial charge < -0.3 is 5.32 Å². The van der Waals surface area contributed by atoms with Gasteiger partial charge in [0, 0.05) is 12.1 Å². The van der Waals surface area contributed by atoms with Crippen LogP contribution in [0.25, 0.3) is 0 Å². The van der Waals surface area contributed by atoms with E-state index in [1.54, 1.807) is 0 Å². The highest BCUT2D eigenvalue weighted by molar-refractivity contribution is 4.95. The molecule has 1 aliphatic heterocycles. The lowest BCUT2D eigenvalue weighted by Crippen LogP contribution is -2.55. The summed E-state index contributed by atoms with van der Waals surface area (Å²) in [5, 5.41) is 3.78. The van der Waals surface area contributed by atoms with E-state index in [9.17, 15) is 0 Å². The van der Waals surface area contributed by atoms with Crippen LogP contribution < -0.4 is 5.32 Å². The first kappa shape index (κ1) is 16.3. The summed E-state index contributed by atoms with van der Waals surface area (Å²) >= 11 is 0. The smallest absolute Gasteiger partial charge is 0.0252 e. The molecule has 20 heavy (non-hydrogen) atoms. The summed E-state index contributed by atoms with van der Waals surface area (Å²) in [5.74, 6) is 0.911. The van der Waals surface area contributed by atoms with Gasteiger partial charge in [0.05, 0.1) is 0 Å². The zero-order valence-electron chi connectivity index (χ0n) is 14.3. The van der Waals surface area contributed by atoms with Crippen LogP contribution in [0.1, 0.15) is 72.6 Å². The topological polar surface area (TPSA) is 15.3 Å². The first-order valence-electron chi connectivity index (χ1n) is 9.06. The van der Waals surface area contributed by atoms with Crippen molar-refractivity contribution in [3.8, 4) is 0 Å². The molecule has 2 fully saturated rings. The minimum Gasteiger partial charge on any atom is -0.313 e. The third kappa shape index (κ3) is 3.76. The van der Waals surface area contributed by atoms with Gasteiger partial charge in [-0.3, -0.25) is 4.90 Å². The molecule has 2 heteroatoms. The van der Waals surface area contributed by atoms with Crippen LogP contribution in [0.3, 0.4) is 0 Å². The summed E-state index contributed by atoms with van der Waals surface area (Å²) in [6.07, 6.45) is 9.80. The molecule has 3 atom stereocenters. The van der Waals surface area contributed by atoms with E-state index < -0.39 is 0 Å². The van der Waals surface area contributed by atoms with Crippen LogP contribution in [0.2, 0.25) is 0 Å². The van der Waals surface area contributed by atoms with Crippen LogP contribution in [-0.4, -0.2) is 36.6 Å². The van der Waals surface area contributed by atoms with E-state index in [0.717, 1.165) is 24.5 Å². The monoisotopic (exact) mass is 280 g/mol. The van der Waals surface area contributed by atoms with Gasteiger partial charge in [-0.1, -0.05) is 40.5 Å². The molecule has 1 N–H and O–H groups in total. The second kappa shape index (κ2) is 7.26. The van der Waals surface area contributed by atoms with Gasteiger partial charge in [-0.2, -0.15) is 0 Å². The van der Waals surface area contributed by atoms with Crippen molar-refractivity contribution < 1.29 is 0 Å². The molecule has 1 saturated heterocycles. The van der Waals surface area contributed by atoms with Crippen molar-refractivity contribution in [2.75, 3.05) is 19.6 Å². The molecule has 0 bridgehead atoms. The molecule has 1 saturated carbocycles. The molecule has 0 aromatic rings. The Kier molecular flexibility index (Phi) is 5.92. The fraction of sp³-hybridized carbons (Fsp3) is 1.00. The average Bonchev–Trinajstić information content (AvgIpc) is 2.48. The maximum absolute atomic E-state index is 3.78. The fourth-order valence-electron chi connectivity index (χ4n) is 4.30. The van der Waals surface area contributed by atoms with Crippen molar-refractivity contribution >= 4 is 0 Å². The van der Waals surface area contributed by atoms with E-state index >= 15 is 0 Å². The van der Waals surface area contributed by atoms with E-state index in [2.05, 4.69) is 37.9 Å². The van der Waals surface area contributed by atoms with Gasteiger partial charge in [-0.15, -0.1) is 0 Å². The van der Waals surface area contributed by atoms with Crippen LogP contribution in [0.5, 0.6) is 0 Å². The molecular weight excluding hydrogens is 244 g/mol. The zero-order valence-corrected chi connectivity index (χ0v) is 14.3. The van der Waals surface area contributed by atoms with Gasteiger partial charge in [0.25, 0.3) is 0 Å². The second-order valence-corrected chi connectivity index (χ2v) is 7.68. The molecule has 0 amide bonds. The summed E-state index contributed by atoms with van der Waals surface area (Å²) in [6, 6.07) is 1.53. The predicted molar refractivity (Wildman–Crippen MR) is 88.1 cm³/mol. The molecule has 0 radical (unpaired) electrons. The first-order valence-corrected chi connectivity index (χ1v) is 9.06. The Morgan fingerprint density at radius 2 is 1.75 bits per heavy atom. The largest absolute Gasteiger partial charge is 0.313 e. The normalized spacial score (nSPS) is 33.3. The SMILES string of the molecule is CCNC1CCC(C(C)(C)CC)CC1N1CCCCC1. The number of nitrogens with one attached hydrogen (secondary N) is 1. The Bertz CT molecular complexity index is 276. The van der Waals surface area contributed by atoms with Crippen LogP contribution in [0.15, 0.2) is 0 Å². The molecule has 2 nitrogen and oxygen atoms in total. The van der Waals surface area contributed by atoms with Crippen molar-refractivity contribution in [2.24, 2.45) is 11.3 Å². The Morgan fingerprint density at radius 3 is 2.35 bits per heavy atom. The highest BCUT2D eigenvalue weighted by Gasteiger charge is 2.39. The molecule has 2 aliphatic rings. The summed E-state index contributed by atoms with van der Waals surface area (Å²) in [4.78, 5) is 2.81. The summed E-state index contributed by atoms with van der Waals surface area (Å²) in [6.45, 7) is 13.4. The van der Waals surface area contributed by atoms with Crippen molar-refractivity contribution in [1.29, 1.82) is 0 Å². The minimum absolute atomic E-state index is 0.519. The van der Waals surface area contributed by atoms with Gasteiger partial charge in [0.2, 0.25) is 0 Å². The van der Waals surface area contributed by atoms with Crippen molar-refractivity contribution in [3.05, 3.63) is 0 Å². The fourth-order valence-corrected chi connectivity index (χ4v) is 4.30. The standard InChI is InChI=1S/C18H36N2/c1-5-18(3,4)15-10-11-16(19-6-2)17(14-15)20-12-8-7-9-13-20/h15-17,19H,5-14H2,1-4H3. The average molecular weight is 280 g/mol. The van der Waals surface area contributed by atoms with Crippen LogP contribution in [-0.2, 0) is 0 Å². The van der Waals surface area contributed by atoms with Crippen molar-refractivity contribution in [2.45, 2.75) is 84.7 Å². The van der Waals surface area contributed by atoms with E-state index in [-0.39, 0.29) is 0 Å². The van der Waals surface area contributed by atoms with E-state index in [1.807, 2.05) is 0 Å². The molecule has 1 heterocycles. The van der Waals surface area contributed by atoms with Crippen molar-refractivity contribution in [3.63, 3.8) is 0 Å². The molecule has 2 rings (SSSR count). The number of rotatable bonds is 5. The number of piperidine rings is 1. The number of likely N-dealkylation sites (tertiary alicyclic amines) is 1. The number of hydrogen-bond donors (Lipinski definition) is 1. The van der Waals surface area contributed by atoms with Crippen molar-refractivity contribution in [1.82, 2.24) is 10.2 Å². The molecule has 118 valence electrons. The molecule has 1 aliphatic carbocycles. The van der Waals surface area contributed by atoms with Gasteiger partial charge in [-0.25, -0.2) is 0 Å². The number of nitrogens with zero attached hydrogens (tertiary/aromatic N) is 1. The maximum Gasteiger partial charge on any atom is 0.0252 e. The van der Waals surface area contributed by atoms with E-state index in [1.165, 1.54) is 58.0 Å². The number of likely N-dealkylation sites (N-methyl/N-ethyl adjacent to an activating group) is 1. The second-order valence-electron chi connectivity index (χ2n) is 7.68. The quantitative estimate of drug-likeness (QED) is 0.817. The summed E-state index contributed by atoms with van der Waals surface area (Å²) in [7, 11) is 0. The zero-order chi connectivity index (χ0) is 14.6. The Morgan fingerprint density at radius 1 is 1.05 bits per heavy atom. The van der Waals surface area contributed by atoms with Gasteiger partial charge in [0.1, 0.15) is 0 Å². The van der Waals surface area contributed by atoms with Gasteiger partial charge >= 0.3 is 0 Å². The molecular formula is C18H36N2. The summed E-state index contributed by atoms with van der Waals surface area (Å²) < 4.78 is 0. The van der Waals surface area contributed by atoms with Crippen LogP contribution in [0.4, 0.5) is 0 Å². The predicted octanol–water partition coefficient (Wildman–Crippen LogP) is 4.06. The molecule has 0 spiro atoms. The van der Waals surface area contributed by atoms with E-state index in [0.29, 0.717) is 5.41 Å². The van der Waals surface area contributed by atoms with Gasteiger partial charge in [0.15, 0.2) is 0 Å².